The monoisotopic (exact) mass is 287 g/mol. The van der Waals surface area contributed by atoms with Crippen molar-refractivity contribution in [2.75, 3.05) is 18.6 Å². The number of aromatic nitrogens is 2. The summed E-state index contributed by atoms with van der Waals surface area (Å²) in [5, 5.41) is 9.22. The van der Waals surface area contributed by atoms with E-state index in [-0.39, 0.29) is 6.54 Å². The lowest BCUT2D eigenvalue weighted by Crippen LogP contribution is -2.42. The lowest BCUT2D eigenvalue weighted by atomic mass is 10.2. The fourth-order valence-corrected chi connectivity index (χ4v) is 2.17. The molecular formula is C14H13N3O4. The molecule has 1 aromatic carbocycles. The minimum atomic E-state index is -1.02. The van der Waals surface area contributed by atoms with E-state index in [4.69, 9.17) is 9.47 Å². The zero-order valence-electron chi connectivity index (χ0n) is 11.3. The number of carbonyl (C=O) groups is 1. The SMILES string of the molecule is COc1cc(N2CC(C(=O)O)Oc3ccccc32)ncn1. The molecule has 1 N–H and O–H groups in total. The first-order valence-electron chi connectivity index (χ1n) is 6.31. The number of aliphatic carboxylic acids is 1. The minimum Gasteiger partial charge on any atom is -0.481 e. The van der Waals surface area contributed by atoms with E-state index in [0.717, 1.165) is 5.69 Å². The smallest absolute Gasteiger partial charge is 0.346 e. The van der Waals surface area contributed by atoms with Gasteiger partial charge in [0.15, 0.2) is 0 Å². The Balaban J connectivity index is 2.05. The number of hydrogen-bond acceptors (Lipinski definition) is 6. The maximum atomic E-state index is 11.3. The van der Waals surface area contributed by atoms with Crippen molar-refractivity contribution < 1.29 is 19.4 Å². The van der Waals surface area contributed by atoms with Crippen LogP contribution in [0.25, 0.3) is 0 Å². The van der Waals surface area contributed by atoms with Gasteiger partial charge in [-0.1, -0.05) is 12.1 Å². The summed E-state index contributed by atoms with van der Waals surface area (Å²) in [5.74, 6) is 0.462. The maximum absolute atomic E-state index is 11.3. The third kappa shape index (κ3) is 2.45. The van der Waals surface area contributed by atoms with Gasteiger partial charge in [-0.3, -0.25) is 0 Å². The zero-order valence-corrected chi connectivity index (χ0v) is 11.3. The van der Waals surface area contributed by atoms with E-state index >= 15 is 0 Å². The molecule has 1 aromatic heterocycles. The van der Waals surface area contributed by atoms with Crippen LogP contribution in [0, 0.1) is 0 Å². The Kier molecular flexibility index (Phi) is 3.31. The Morgan fingerprint density at radius 2 is 2.24 bits per heavy atom. The minimum absolute atomic E-state index is 0.159. The number of fused-ring (bicyclic) bond motifs is 1. The van der Waals surface area contributed by atoms with Crippen molar-refractivity contribution in [3.05, 3.63) is 36.7 Å². The van der Waals surface area contributed by atoms with Gasteiger partial charge in [0.1, 0.15) is 17.9 Å². The highest BCUT2D eigenvalue weighted by Gasteiger charge is 2.31. The number of rotatable bonds is 3. The van der Waals surface area contributed by atoms with Gasteiger partial charge in [-0.25, -0.2) is 14.8 Å². The van der Waals surface area contributed by atoms with Gasteiger partial charge in [0.05, 0.1) is 19.3 Å². The number of methoxy groups -OCH3 is 1. The number of hydrogen-bond donors (Lipinski definition) is 1. The molecular weight excluding hydrogens is 274 g/mol. The first-order chi connectivity index (χ1) is 10.2. The van der Waals surface area contributed by atoms with E-state index in [1.54, 1.807) is 23.1 Å². The fourth-order valence-electron chi connectivity index (χ4n) is 2.17. The Morgan fingerprint density at radius 1 is 1.43 bits per heavy atom. The number of carboxylic acid groups (broad SMARTS) is 1. The number of benzene rings is 1. The summed E-state index contributed by atoms with van der Waals surface area (Å²) in [6.45, 7) is 0.159. The summed E-state index contributed by atoms with van der Waals surface area (Å²) in [6, 6.07) is 8.88. The molecule has 0 saturated carbocycles. The van der Waals surface area contributed by atoms with Crippen molar-refractivity contribution in [2.24, 2.45) is 0 Å². The van der Waals surface area contributed by atoms with Crippen LogP contribution in [0.15, 0.2) is 36.7 Å². The summed E-state index contributed by atoms with van der Waals surface area (Å²) in [4.78, 5) is 21.2. The van der Waals surface area contributed by atoms with Crippen molar-refractivity contribution in [1.29, 1.82) is 0 Å². The molecule has 0 amide bonds. The molecule has 2 aromatic rings. The quantitative estimate of drug-likeness (QED) is 0.914. The van der Waals surface area contributed by atoms with Crippen LogP contribution in [0.1, 0.15) is 0 Å². The lowest BCUT2D eigenvalue weighted by molar-refractivity contribution is -0.144. The molecule has 0 bridgehead atoms. The van der Waals surface area contributed by atoms with E-state index in [1.165, 1.54) is 13.4 Å². The lowest BCUT2D eigenvalue weighted by Gasteiger charge is -2.33. The summed E-state index contributed by atoms with van der Waals surface area (Å²) in [6.07, 6.45) is 0.419. The van der Waals surface area contributed by atoms with Crippen LogP contribution in [0.3, 0.4) is 0 Å². The first kappa shape index (κ1) is 13.2. The van der Waals surface area contributed by atoms with Crippen molar-refractivity contribution in [2.45, 2.75) is 6.10 Å². The number of anilines is 2. The molecule has 21 heavy (non-hydrogen) atoms. The van der Waals surface area contributed by atoms with Gasteiger partial charge in [-0.15, -0.1) is 0 Å². The van der Waals surface area contributed by atoms with Crippen LogP contribution in [-0.2, 0) is 4.79 Å². The van der Waals surface area contributed by atoms with Gasteiger partial charge in [0.2, 0.25) is 12.0 Å². The number of para-hydroxylation sites is 2. The highest BCUT2D eigenvalue weighted by atomic mass is 16.5. The molecule has 1 unspecified atom stereocenters. The molecule has 0 spiro atoms. The number of nitrogens with zero attached hydrogens (tertiary/aromatic N) is 3. The standard InChI is InChI=1S/C14H13N3O4/c1-20-13-6-12(15-8-16-13)17-7-11(14(18)19)21-10-5-3-2-4-9(10)17/h2-6,8,11H,7H2,1H3,(H,18,19). The van der Waals surface area contributed by atoms with Crippen molar-refractivity contribution in [3.63, 3.8) is 0 Å². The van der Waals surface area contributed by atoms with E-state index < -0.39 is 12.1 Å². The van der Waals surface area contributed by atoms with Crippen LogP contribution < -0.4 is 14.4 Å². The number of ether oxygens (including phenoxy) is 2. The van der Waals surface area contributed by atoms with Crippen LogP contribution in [0.2, 0.25) is 0 Å². The summed E-state index contributed by atoms with van der Waals surface area (Å²) >= 11 is 0. The van der Waals surface area contributed by atoms with Crippen LogP contribution in [-0.4, -0.2) is 40.8 Å². The predicted octanol–water partition coefficient (Wildman–Crippen LogP) is 1.47. The van der Waals surface area contributed by atoms with E-state index in [2.05, 4.69) is 9.97 Å². The van der Waals surface area contributed by atoms with Crippen molar-refractivity contribution in [3.8, 4) is 11.6 Å². The third-order valence-electron chi connectivity index (χ3n) is 3.16. The normalized spacial score (nSPS) is 16.8. The highest BCUT2D eigenvalue weighted by Crippen LogP contribution is 2.37. The topological polar surface area (TPSA) is 84.8 Å². The summed E-state index contributed by atoms with van der Waals surface area (Å²) < 4.78 is 10.6. The molecule has 1 aliphatic rings. The molecule has 3 rings (SSSR count). The molecule has 0 radical (unpaired) electrons. The van der Waals surface area contributed by atoms with Gasteiger partial charge >= 0.3 is 5.97 Å². The van der Waals surface area contributed by atoms with Crippen LogP contribution in [0.5, 0.6) is 11.6 Å². The van der Waals surface area contributed by atoms with E-state index in [9.17, 15) is 9.90 Å². The molecule has 7 heteroatoms. The largest absolute Gasteiger partial charge is 0.481 e. The maximum Gasteiger partial charge on any atom is 0.346 e. The Labute approximate surface area is 120 Å². The summed E-state index contributed by atoms with van der Waals surface area (Å²) in [7, 11) is 1.51. The Hall–Kier alpha value is -2.83. The molecule has 0 aliphatic carbocycles. The fraction of sp³-hybridized carbons (Fsp3) is 0.214. The second kappa shape index (κ2) is 5.28. The average molecular weight is 287 g/mol. The summed E-state index contributed by atoms with van der Waals surface area (Å²) in [5.41, 5.74) is 0.760. The third-order valence-corrected chi connectivity index (χ3v) is 3.16. The van der Waals surface area contributed by atoms with Gasteiger partial charge in [-0.2, -0.15) is 0 Å². The van der Waals surface area contributed by atoms with Gasteiger partial charge in [-0.05, 0) is 12.1 Å². The van der Waals surface area contributed by atoms with Gasteiger partial charge in [0.25, 0.3) is 0 Å². The van der Waals surface area contributed by atoms with Crippen LogP contribution in [0.4, 0.5) is 11.5 Å². The van der Waals surface area contributed by atoms with Crippen molar-refractivity contribution >= 4 is 17.5 Å². The average Bonchev–Trinajstić information content (AvgIpc) is 2.53. The molecule has 108 valence electrons. The van der Waals surface area contributed by atoms with Crippen LogP contribution >= 0.6 is 0 Å². The Bertz CT molecular complexity index is 677. The predicted molar refractivity (Wildman–Crippen MR) is 74.1 cm³/mol. The highest BCUT2D eigenvalue weighted by molar-refractivity contribution is 5.78. The zero-order chi connectivity index (χ0) is 14.8. The second-order valence-corrected chi connectivity index (χ2v) is 4.44. The first-order valence-corrected chi connectivity index (χ1v) is 6.31. The molecule has 1 aliphatic heterocycles. The van der Waals surface area contributed by atoms with Gasteiger partial charge < -0.3 is 19.5 Å². The van der Waals surface area contributed by atoms with Gasteiger partial charge in [0, 0.05) is 6.07 Å². The molecule has 7 nitrogen and oxygen atoms in total. The second-order valence-electron chi connectivity index (χ2n) is 4.44. The van der Waals surface area contributed by atoms with E-state index in [0.29, 0.717) is 17.4 Å². The van der Waals surface area contributed by atoms with E-state index in [1.807, 2.05) is 12.1 Å². The Morgan fingerprint density at radius 3 is 3.00 bits per heavy atom. The number of carboxylic acids is 1. The molecule has 0 fully saturated rings. The molecule has 0 saturated heterocycles. The van der Waals surface area contributed by atoms with Crippen molar-refractivity contribution in [1.82, 2.24) is 9.97 Å². The molecule has 2 heterocycles. The molecule has 1 atom stereocenters.